The van der Waals surface area contributed by atoms with Crippen LogP contribution in [0.1, 0.15) is 17.7 Å². The number of rotatable bonds is 6. The van der Waals surface area contributed by atoms with Gasteiger partial charge in [0.05, 0.1) is 24.6 Å². The number of carbonyl (C=O) groups is 1. The lowest BCUT2D eigenvalue weighted by molar-refractivity contribution is -0.135. The summed E-state index contributed by atoms with van der Waals surface area (Å²) in [6.07, 6.45) is 0.868. The molecule has 0 radical (unpaired) electrons. The molecule has 30 heavy (non-hydrogen) atoms. The molecule has 0 saturated carbocycles. The average Bonchev–Trinajstić information content (AvgIpc) is 3.09. The van der Waals surface area contributed by atoms with E-state index in [4.69, 9.17) is 9.47 Å². The molecule has 4 rings (SSSR count). The van der Waals surface area contributed by atoms with Gasteiger partial charge in [0.15, 0.2) is 0 Å². The molecule has 3 aromatic rings. The van der Waals surface area contributed by atoms with Crippen LogP contribution in [0.4, 0.5) is 4.39 Å². The van der Waals surface area contributed by atoms with E-state index in [1.807, 2.05) is 42.2 Å². The maximum Gasteiger partial charge on any atom is 0.226 e. The molecule has 0 spiro atoms. The van der Waals surface area contributed by atoms with E-state index in [-0.39, 0.29) is 11.7 Å². The zero-order chi connectivity index (χ0) is 20.9. The van der Waals surface area contributed by atoms with Crippen molar-refractivity contribution in [3.8, 4) is 17.3 Å². The fraction of sp³-hybridized carbons (Fsp3) is 0.304. The fourth-order valence-corrected chi connectivity index (χ4v) is 3.49. The molecule has 1 amide bonds. The van der Waals surface area contributed by atoms with Gasteiger partial charge in [-0.1, -0.05) is 18.2 Å². The van der Waals surface area contributed by atoms with Crippen molar-refractivity contribution in [1.29, 1.82) is 0 Å². The third-order valence-corrected chi connectivity index (χ3v) is 5.12. The Labute approximate surface area is 174 Å². The number of halogens is 1. The van der Waals surface area contributed by atoms with Crippen LogP contribution in [0.25, 0.3) is 5.69 Å². The van der Waals surface area contributed by atoms with Gasteiger partial charge in [-0.3, -0.25) is 4.79 Å². The predicted molar refractivity (Wildman–Crippen MR) is 110 cm³/mol. The molecule has 6 nitrogen and oxygen atoms in total. The first-order chi connectivity index (χ1) is 14.6. The number of para-hydroxylation sites is 1. The smallest absolute Gasteiger partial charge is 0.226 e. The summed E-state index contributed by atoms with van der Waals surface area (Å²) in [5, 5.41) is 4.66. The standard InChI is InChI=1S/C23H24FN3O3/c1-17-21(11-12-22(28)26-13-15-29-16-14-26)23(30-20-9-7-18(24)8-10-20)27(25-17)19-5-3-2-4-6-19/h2-10H,11-16H2,1H3. The number of hydrogen-bond acceptors (Lipinski definition) is 4. The number of ether oxygens (including phenoxy) is 2. The summed E-state index contributed by atoms with van der Waals surface area (Å²) in [6.45, 7) is 4.32. The highest BCUT2D eigenvalue weighted by atomic mass is 19.1. The molecule has 0 atom stereocenters. The maximum atomic E-state index is 13.3. The Hall–Kier alpha value is -3.19. The van der Waals surface area contributed by atoms with Crippen LogP contribution >= 0.6 is 0 Å². The third kappa shape index (κ3) is 4.52. The Morgan fingerprint density at radius 3 is 2.50 bits per heavy atom. The van der Waals surface area contributed by atoms with Crippen molar-refractivity contribution >= 4 is 5.91 Å². The number of aryl methyl sites for hydroxylation is 1. The first-order valence-corrected chi connectivity index (χ1v) is 10.0. The average molecular weight is 409 g/mol. The first-order valence-electron chi connectivity index (χ1n) is 10.0. The van der Waals surface area contributed by atoms with Gasteiger partial charge in [-0.15, -0.1) is 0 Å². The van der Waals surface area contributed by atoms with Gasteiger partial charge in [-0.2, -0.15) is 5.10 Å². The van der Waals surface area contributed by atoms with E-state index in [0.717, 1.165) is 16.9 Å². The van der Waals surface area contributed by atoms with Crippen LogP contribution in [-0.2, 0) is 16.0 Å². The Balaban J connectivity index is 1.62. The van der Waals surface area contributed by atoms with Gasteiger partial charge in [0.1, 0.15) is 11.6 Å². The van der Waals surface area contributed by atoms with E-state index in [1.54, 1.807) is 16.8 Å². The van der Waals surface area contributed by atoms with Gasteiger partial charge in [0.25, 0.3) is 0 Å². The van der Waals surface area contributed by atoms with Gasteiger partial charge < -0.3 is 14.4 Å². The molecule has 1 fully saturated rings. The van der Waals surface area contributed by atoms with Crippen LogP contribution in [0, 0.1) is 12.7 Å². The van der Waals surface area contributed by atoms with E-state index < -0.39 is 0 Å². The van der Waals surface area contributed by atoms with Crippen LogP contribution in [0.3, 0.4) is 0 Å². The lowest BCUT2D eigenvalue weighted by Gasteiger charge is -2.26. The highest BCUT2D eigenvalue weighted by Crippen LogP contribution is 2.31. The molecular formula is C23H24FN3O3. The van der Waals surface area contributed by atoms with Gasteiger partial charge >= 0.3 is 0 Å². The first kappa shape index (κ1) is 20.1. The minimum Gasteiger partial charge on any atom is -0.439 e. The van der Waals surface area contributed by atoms with Crippen LogP contribution in [0.15, 0.2) is 54.6 Å². The van der Waals surface area contributed by atoms with Gasteiger partial charge in [-0.25, -0.2) is 9.07 Å². The predicted octanol–water partition coefficient (Wildman–Crippen LogP) is 3.90. The molecular weight excluding hydrogens is 385 g/mol. The van der Waals surface area contributed by atoms with E-state index in [0.29, 0.717) is 50.8 Å². The quantitative estimate of drug-likeness (QED) is 0.620. The molecule has 0 bridgehead atoms. The second kappa shape index (κ2) is 9.09. The summed E-state index contributed by atoms with van der Waals surface area (Å²) >= 11 is 0. The number of amides is 1. The Kier molecular flexibility index (Phi) is 6.09. The lowest BCUT2D eigenvalue weighted by atomic mass is 10.1. The Morgan fingerprint density at radius 1 is 1.10 bits per heavy atom. The van der Waals surface area contributed by atoms with Crippen LogP contribution in [0.5, 0.6) is 11.6 Å². The molecule has 2 aromatic carbocycles. The van der Waals surface area contributed by atoms with Crippen molar-refractivity contribution < 1.29 is 18.7 Å². The Bertz CT molecular complexity index is 997. The normalized spacial score (nSPS) is 14.0. The molecule has 7 heteroatoms. The second-order valence-corrected chi connectivity index (χ2v) is 7.17. The largest absolute Gasteiger partial charge is 0.439 e. The van der Waals surface area contributed by atoms with Gasteiger partial charge in [-0.05, 0) is 49.7 Å². The SMILES string of the molecule is Cc1nn(-c2ccccc2)c(Oc2ccc(F)cc2)c1CCC(=O)N1CCOCC1. The number of aromatic nitrogens is 2. The second-order valence-electron chi connectivity index (χ2n) is 7.17. The molecule has 1 aliphatic heterocycles. The highest BCUT2D eigenvalue weighted by molar-refractivity contribution is 5.76. The summed E-state index contributed by atoms with van der Waals surface area (Å²) in [6, 6.07) is 15.5. The maximum absolute atomic E-state index is 13.3. The van der Waals surface area contributed by atoms with Crippen molar-refractivity contribution in [1.82, 2.24) is 14.7 Å². The molecule has 1 aliphatic rings. The number of morpholine rings is 1. The van der Waals surface area contributed by atoms with Crippen molar-refractivity contribution in [2.45, 2.75) is 19.8 Å². The van der Waals surface area contributed by atoms with Crippen LogP contribution in [-0.4, -0.2) is 46.9 Å². The van der Waals surface area contributed by atoms with E-state index in [2.05, 4.69) is 5.10 Å². The minimum absolute atomic E-state index is 0.0953. The molecule has 0 unspecified atom stereocenters. The van der Waals surface area contributed by atoms with E-state index in [9.17, 15) is 9.18 Å². The van der Waals surface area contributed by atoms with Crippen LogP contribution in [0.2, 0.25) is 0 Å². The number of hydrogen-bond donors (Lipinski definition) is 0. The summed E-state index contributed by atoms with van der Waals surface area (Å²) in [5.74, 6) is 0.818. The van der Waals surface area contributed by atoms with Crippen molar-refractivity contribution in [3.05, 3.63) is 71.7 Å². The fourth-order valence-electron chi connectivity index (χ4n) is 3.49. The molecule has 2 heterocycles. The Morgan fingerprint density at radius 2 is 1.80 bits per heavy atom. The highest BCUT2D eigenvalue weighted by Gasteiger charge is 2.22. The molecule has 0 N–H and O–H groups in total. The number of carbonyl (C=O) groups excluding carboxylic acids is 1. The zero-order valence-corrected chi connectivity index (χ0v) is 16.9. The lowest BCUT2D eigenvalue weighted by Crippen LogP contribution is -2.40. The summed E-state index contributed by atoms with van der Waals surface area (Å²) < 4.78 is 26.5. The zero-order valence-electron chi connectivity index (χ0n) is 16.9. The number of benzene rings is 2. The van der Waals surface area contributed by atoms with Crippen molar-refractivity contribution in [2.75, 3.05) is 26.3 Å². The minimum atomic E-state index is -0.327. The van der Waals surface area contributed by atoms with Crippen molar-refractivity contribution in [2.24, 2.45) is 0 Å². The number of nitrogens with zero attached hydrogens (tertiary/aromatic N) is 3. The van der Waals surface area contributed by atoms with E-state index >= 15 is 0 Å². The molecule has 156 valence electrons. The monoisotopic (exact) mass is 409 g/mol. The molecule has 0 aliphatic carbocycles. The summed E-state index contributed by atoms with van der Waals surface area (Å²) in [4.78, 5) is 14.5. The summed E-state index contributed by atoms with van der Waals surface area (Å²) in [7, 11) is 0. The van der Waals surface area contributed by atoms with Crippen molar-refractivity contribution in [3.63, 3.8) is 0 Å². The third-order valence-electron chi connectivity index (χ3n) is 5.12. The van der Waals surface area contributed by atoms with Gasteiger partial charge in [0.2, 0.25) is 11.8 Å². The molecule has 1 aromatic heterocycles. The van der Waals surface area contributed by atoms with Gasteiger partial charge in [0, 0.05) is 25.1 Å². The van der Waals surface area contributed by atoms with Crippen LogP contribution < -0.4 is 4.74 Å². The van der Waals surface area contributed by atoms with E-state index in [1.165, 1.54) is 12.1 Å². The topological polar surface area (TPSA) is 56.6 Å². The summed E-state index contributed by atoms with van der Waals surface area (Å²) in [5.41, 5.74) is 2.51. The molecule has 1 saturated heterocycles.